The van der Waals surface area contributed by atoms with Crippen molar-refractivity contribution in [1.29, 1.82) is 0 Å². The molecule has 1 aromatic rings. The molecule has 3 nitrogen and oxygen atoms in total. The Bertz CT molecular complexity index is 566. The standard InChI is InChI=1S/C16H25NO2S/c1-4-17-16(12(2)20(3,18)19)15-10-9-13-7-5-6-8-14(13)11-15/h9-12,16-17H,4-8H2,1-3H3. The van der Waals surface area contributed by atoms with Crippen molar-refractivity contribution in [2.24, 2.45) is 0 Å². The number of hydrogen-bond donors (Lipinski definition) is 1. The molecule has 0 amide bonds. The fraction of sp³-hybridized carbons (Fsp3) is 0.625. The molecule has 0 fully saturated rings. The monoisotopic (exact) mass is 295 g/mol. The van der Waals surface area contributed by atoms with E-state index in [1.165, 1.54) is 30.2 Å². The summed E-state index contributed by atoms with van der Waals surface area (Å²) in [4.78, 5) is 0. The molecule has 1 N–H and O–H groups in total. The summed E-state index contributed by atoms with van der Waals surface area (Å²) in [6.07, 6.45) is 6.10. The van der Waals surface area contributed by atoms with Crippen LogP contribution in [0, 0.1) is 0 Å². The molecular formula is C16H25NO2S. The van der Waals surface area contributed by atoms with Crippen LogP contribution in [0.1, 0.15) is 49.4 Å². The first-order valence-electron chi connectivity index (χ1n) is 7.47. The second-order valence-corrected chi connectivity index (χ2v) is 8.21. The lowest BCUT2D eigenvalue weighted by atomic mass is 9.88. The Hall–Kier alpha value is -0.870. The van der Waals surface area contributed by atoms with E-state index in [1.807, 2.05) is 6.92 Å². The predicted octanol–water partition coefficient (Wildman–Crippen LogP) is 2.65. The van der Waals surface area contributed by atoms with Gasteiger partial charge in [0.1, 0.15) is 0 Å². The molecule has 2 rings (SSSR count). The Labute approximate surface area is 122 Å². The number of nitrogens with one attached hydrogen (secondary N) is 1. The Kier molecular flexibility index (Phi) is 4.86. The average Bonchev–Trinajstić information content (AvgIpc) is 2.42. The Morgan fingerprint density at radius 3 is 2.45 bits per heavy atom. The number of benzene rings is 1. The van der Waals surface area contributed by atoms with Crippen LogP contribution in [0.15, 0.2) is 18.2 Å². The van der Waals surface area contributed by atoms with Crippen LogP contribution >= 0.6 is 0 Å². The second-order valence-electron chi connectivity index (χ2n) is 5.81. The van der Waals surface area contributed by atoms with E-state index in [9.17, 15) is 8.42 Å². The van der Waals surface area contributed by atoms with E-state index in [1.54, 1.807) is 6.92 Å². The summed E-state index contributed by atoms with van der Waals surface area (Å²) < 4.78 is 23.7. The third-order valence-corrected chi connectivity index (χ3v) is 5.92. The molecule has 4 heteroatoms. The van der Waals surface area contributed by atoms with E-state index in [0.29, 0.717) is 0 Å². The van der Waals surface area contributed by atoms with Crippen LogP contribution in [-0.2, 0) is 22.7 Å². The molecule has 0 radical (unpaired) electrons. The van der Waals surface area contributed by atoms with Gasteiger partial charge >= 0.3 is 0 Å². The lowest BCUT2D eigenvalue weighted by molar-refractivity contribution is 0.512. The van der Waals surface area contributed by atoms with Crippen molar-refractivity contribution < 1.29 is 8.42 Å². The molecule has 0 spiro atoms. The number of hydrogen-bond acceptors (Lipinski definition) is 3. The van der Waals surface area contributed by atoms with Gasteiger partial charge in [0.2, 0.25) is 0 Å². The van der Waals surface area contributed by atoms with Gasteiger partial charge in [-0.15, -0.1) is 0 Å². The first-order chi connectivity index (χ1) is 9.43. The molecule has 0 saturated heterocycles. The zero-order chi connectivity index (χ0) is 14.8. The highest BCUT2D eigenvalue weighted by Gasteiger charge is 2.27. The minimum atomic E-state index is -3.06. The van der Waals surface area contributed by atoms with Gasteiger partial charge in [0.05, 0.1) is 5.25 Å². The second kappa shape index (κ2) is 6.27. The van der Waals surface area contributed by atoms with Crippen LogP contribution in [0.5, 0.6) is 0 Å². The van der Waals surface area contributed by atoms with Gasteiger partial charge in [-0.1, -0.05) is 25.1 Å². The maximum atomic E-state index is 11.9. The first kappa shape index (κ1) is 15.5. The van der Waals surface area contributed by atoms with Crippen molar-refractivity contribution in [2.45, 2.75) is 50.8 Å². The number of rotatable bonds is 5. The average molecular weight is 295 g/mol. The molecule has 1 aromatic carbocycles. The summed E-state index contributed by atoms with van der Waals surface area (Å²) in [7, 11) is -3.06. The quantitative estimate of drug-likeness (QED) is 0.908. The zero-order valence-corrected chi connectivity index (χ0v) is 13.5. The van der Waals surface area contributed by atoms with Crippen molar-refractivity contribution in [3.63, 3.8) is 0 Å². The van der Waals surface area contributed by atoms with Gasteiger partial charge in [-0.05, 0) is 55.8 Å². The van der Waals surface area contributed by atoms with Gasteiger partial charge in [0.15, 0.2) is 9.84 Å². The molecule has 0 heterocycles. The third kappa shape index (κ3) is 3.41. The maximum Gasteiger partial charge on any atom is 0.151 e. The van der Waals surface area contributed by atoms with Crippen molar-refractivity contribution in [2.75, 3.05) is 12.8 Å². The highest BCUT2D eigenvalue weighted by molar-refractivity contribution is 7.91. The first-order valence-corrected chi connectivity index (χ1v) is 9.43. The van der Waals surface area contributed by atoms with Crippen LogP contribution in [0.25, 0.3) is 0 Å². The van der Waals surface area contributed by atoms with Gasteiger partial charge in [-0.2, -0.15) is 0 Å². The SMILES string of the molecule is CCNC(c1ccc2c(c1)CCCC2)C(C)S(C)(=O)=O. The largest absolute Gasteiger partial charge is 0.309 e. The van der Waals surface area contributed by atoms with Gasteiger partial charge in [0.25, 0.3) is 0 Å². The highest BCUT2D eigenvalue weighted by Crippen LogP contribution is 2.27. The van der Waals surface area contributed by atoms with Crippen LogP contribution in [0.4, 0.5) is 0 Å². The fourth-order valence-corrected chi connectivity index (χ4v) is 3.72. The Morgan fingerprint density at radius 2 is 1.85 bits per heavy atom. The van der Waals surface area contributed by atoms with Crippen molar-refractivity contribution in [1.82, 2.24) is 5.32 Å². The van der Waals surface area contributed by atoms with Crippen molar-refractivity contribution in [3.05, 3.63) is 34.9 Å². The minimum absolute atomic E-state index is 0.123. The lowest BCUT2D eigenvalue weighted by Gasteiger charge is -2.26. The van der Waals surface area contributed by atoms with Crippen LogP contribution in [0.2, 0.25) is 0 Å². The molecule has 1 aliphatic carbocycles. The predicted molar refractivity (Wildman–Crippen MR) is 83.8 cm³/mol. The van der Waals surface area contributed by atoms with E-state index in [2.05, 4.69) is 23.5 Å². The molecule has 2 unspecified atom stereocenters. The van der Waals surface area contributed by atoms with Gasteiger partial charge in [0, 0.05) is 12.3 Å². The molecule has 20 heavy (non-hydrogen) atoms. The summed E-state index contributed by atoms with van der Waals surface area (Å²) in [6, 6.07) is 6.37. The molecule has 0 bridgehead atoms. The normalized spacial score (nSPS) is 18.4. The van der Waals surface area contributed by atoms with E-state index < -0.39 is 15.1 Å². The molecule has 112 valence electrons. The van der Waals surface area contributed by atoms with Gasteiger partial charge in [-0.3, -0.25) is 0 Å². The minimum Gasteiger partial charge on any atom is -0.309 e. The molecule has 0 aromatic heterocycles. The summed E-state index contributed by atoms with van der Waals surface area (Å²) in [5, 5.41) is 2.92. The molecule has 2 atom stereocenters. The fourth-order valence-electron chi connectivity index (χ4n) is 2.97. The lowest BCUT2D eigenvalue weighted by Crippen LogP contribution is -2.35. The van der Waals surface area contributed by atoms with Crippen molar-refractivity contribution >= 4 is 9.84 Å². The van der Waals surface area contributed by atoms with E-state index in [-0.39, 0.29) is 6.04 Å². The Balaban J connectivity index is 2.34. The van der Waals surface area contributed by atoms with E-state index in [4.69, 9.17) is 0 Å². The van der Waals surface area contributed by atoms with Gasteiger partial charge in [-0.25, -0.2) is 8.42 Å². The third-order valence-electron chi connectivity index (χ3n) is 4.30. The summed E-state index contributed by atoms with van der Waals surface area (Å²) >= 11 is 0. The molecule has 0 saturated carbocycles. The van der Waals surface area contributed by atoms with E-state index >= 15 is 0 Å². The van der Waals surface area contributed by atoms with E-state index in [0.717, 1.165) is 24.9 Å². The summed E-state index contributed by atoms with van der Waals surface area (Å²) in [5.74, 6) is 0. The van der Waals surface area contributed by atoms with Crippen LogP contribution in [-0.4, -0.2) is 26.5 Å². The highest BCUT2D eigenvalue weighted by atomic mass is 32.2. The van der Waals surface area contributed by atoms with Crippen LogP contribution in [0.3, 0.4) is 0 Å². The molecular weight excluding hydrogens is 270 g/mol. The maximum absolute atomic E-state index is 11.9. The summed E-state index contributed by atoms with van der Waals surface area (Å²) in [5.41, 5.74) is 3.94. The number of fused-ring (bicyclic) bond motifs is 1. The smallest absolute Gasteiger partial charge is 0.151 e. The van der Waals surface area contributed by atoms with Crippen LogP contribution < -0.4 is 5.32 Å². The summed E-state index contributed by atoms with van der Waals surface area (Å²) in [6.45, 7) is 4.57. The molecule has 0 aliphatic heterocycles. The van der Waals surface area contributed by atoms with Gasteiger partial charge < -0.3 is 5.32 Å². The Morgan fingerprint density at radius 1 is 1.20 bits per heavy atom. The van der Waals surface area contributed by atoms with Crippen molar-refractivity contribution in [3.8, 4) is 0 Å². The molecule has 1 aliphatic rings. The zero-order valence-electron chi connectivity index (χ0n) is 12.6. The number of aryl methyl sites for hydroxylation is 2. The number of sulfone groups is 1. The topological polar surface area (TPSA) is 46.2 Å².